The maximum atomic E-state index is 12.0. The molecule has 6 nitrogen and oxygen atoms in total. The Balaban J connectivity index is 2.10. The predicted molar refractivity (Wildman–Crippen MR) is 102 cm³/mol. The molecule has 0 aliphatic heterocycles. The number of hydrogen-bond donors (Lipinski definition) is 1. The van der Waals surface area contributed by atoms with Gasteiger partial charge < -0.3 is 5.32 Å². The maximum Gasteiger partial charge on any atom is 0.241 e. The van der Waals surface area contributed by atoms with Crippen LogP contribution < -0.4 is 5.32 Å². The second-order valence-corrected chi connectivity index (χ2v) is 9.23. The Bertz CT molecular complexity index is 843. The molecule has 0 radical (unpaired) electrons. The Kier molecular flexibility index (Phi) is 6.31. The van der Waals surface area contributed by atoms with Gasteiger partial charge in [-0.2, -0.15) is 4.31 Å². The molecule has 25 heavy (non-hydrogen) atoms. The highest BCUT2D eigenvalue weighted by Crippen LogP contribution is 2.30. The first-order valence-electron chi connectivity index (χ1n) is 7.98. The van der Waals surface area contributed by atoms with Gasteiger partial charge in [0.05, 0.1) is 18.5 Å². The minimum Gasteiger partial charge on any atom is -0.301 e. The zero-order chi connectivity index (χ0) is 18.6. The zero-order valence-corrected chi connectivity index (χ0v) is 16.5. The van der Waals surface area contributed by atoms with Crippen molar-refractivity contribution in [1.29, 1.82) is 0 Å². The molecule has 8 heteroatoms. The first-order valence-corrected chi connectivity index (χ1v) is 10.6. The summed E-state index contributed by atoms with van der Waals surface area (Å²) < 4.78 is 23.7. The summed E-state index contributed by atoms with van der Waals surface area (Å²) in [6, 6.07) is 8.26. The highest BCUT2D eigenvalue weighted by molar-refractivity contribution is 7.88. The lowest BCUT2D eigenvalue weighted by Crippen LogP contribution is -2.34. The molecule has 0 atom stereocenters. The summed E-state index contributed by atoms with van der Waals surface area (Å²) in [6.45, 7) is 3.86. The summed E-state index contributed by atoms with van der Waals surface area (Å²) in [7, 11) is -2.02. The molecule has 1 aromatic heterocycles. The Labute approximate surface area is 153 Å². The number of benzene rings is 1. The number of aromatic nitrogens is 1. The van der Waals surface area contributed by atoms with Gasteiger partial charge in [-0.25, -0.2) is 13.4 Å². The number of carbonyl (C=O) groups is 1. The van der Waals surface area contributed by atoms with Gasteiger partial charge in [-0.05, 0) is 18.9 Å². The first kappa shape index (κ1) is 19.6. The lowest BCUT2D eigenvalue weighted by atomic mass is 10.1. The largest absolute Gasteiger partial charge is 0.301 e. The fourth-order valence-electron chi connectivity index (χ4n) is 2.31. The number of rotatable bonds is 7. The van der Waals surface area contributed by atoms with Crippen LogP contribution in [0.4, 0.5) is 5.13 Å². The minimum absolute atomic E-state index is 0.238. The molecule has 0 unspecified atom stereocenters. The second-order valence-electron chi connectivity index (χ2n) is 5.94. The van der Waals surface area contributed by atoms with Crippen molar-refractivity contribution in [3.05, 3.63) is 34.7 Å². The van der Waals surface area contributed by atoms with Gasteiger partial charge in [0, 0.05) is 17.5 Å². The van der Waals surface area contributed by atoms with Gasteiger partial charge in [0.15, 0.2) is 5.13 Å². The van der Waals surface area contributed by atoms with Crippen LogP contribution in [0.3, 0.4) is 0 Å². The molecule has 1 amide bonds. The van der Waals surface area contributed by atoms with E-state index in [0.29, 0.717) is 5.13 Å². The van der Waals surface area contributed by atoms with Crippen LogP contribution in [0.15, 0.2) is 24.3 Å². The number of carbonyl (C=O) groups excluding carboxylic acids is 1. The molecule has 0 fully saturated rings. The normalized spacial score (nSPS) is 11.7. The third kappa shape index (κ3) is 5.35. The highest BCUT2D eigenvalue weighted by atomic mass is 32.2. The Hall–Kier alpha value is -1.77. The van der Waals surface area contributed by atoms with Gasteiger partial charge in [0.1, 0.15) is 0 Å². The number of anilines is 1. The van der Waals surface area contributed by atoms with Crippen LogP contribution in [-0.4, -0.2) is 43.5 Å². The molecule has 2 rings (SSSR count). The molecule has 1 heterocycles. The van der Waals surface area contributed by atoms with Crippen LogP contribution in [0.1, 0.15) is 23.8 Å². The average Bonchev–Trinajstić information content (AvgIpc) is 2.87. The van der Waals surface area contributed by atoms with Crippen LogP contribution in [0, 0.1) is 6.92 Å². The monoisotopic (exact) mass is 381 g/mol. The van der Waals surface area contributed by atoms with Crippen molar-refractivity contribution in [1.82, 2.24) is 9.29 Å². The topological polar surface area (TPSA) is 79.4 Å². The van der Waals surface area contributed by atoms with E-state index in [1.165, 1.54) is 23.9 Å². The minimum atomic E-state index is -3.39. The number of nitrogens with zero attached hydrogens (tertiary/aromatic N) is 2. The third-order valence-corrected chi connectivity index (χ3v) is 5.89. The summed E-state index contributed by atoms with van der Waals surface area (Å²) >= 11 is 1.38. The Morgan fingerprint density at radius 2 is 1.92 bits per heavy atom. The molecule has 0 saturated carbocycles. The van der Waals surface area contributed by atoms with E-state index in [1.807, 2.05) is 19.1 Å². The molecule has 0 aliphatic rings. The van der Waals surface area contributed by atoms with Crippen molar-refractivity contribution in [2.24, 2.45) is 0 Å². The number of nitrogens with one attached hydrogen (secondary N) is 1. The Morgan fingerprint density at radius 3 is 2.48 bits per heavy atom. The lowest BCUT2D eigenvalue weighted by molar-refractivity contribution is -0.116. The smallest absolute Gasteiger partial charge is 0.241 e. The van der Waals surface area contributed by atoms with Crippen LogP contribution in [-0.2, 0) is 21.2 Å². The Morgan fingerprint density at radius 1 is 1.28 bits per heavy atom. The molecule has 136 valence electrons. The lowest BCUT2D eigenvalue weighted by Gasteiger charge is -2.12. The molecular formula is C17H23N3O3S2. The van der Waals surface area contributed by atoms with Crippen molar-refractivity contribution in [2.75, 3.05) is 25.2 Å². The van der Waals surface area contributed by atoms with Crippen LogP contribution in [0.25, 0.3) is 11.3 Å². The predicted octanol–water partition coefficient (Wildman–Crippen LogP) is 2.90. The van der Waals surface area contributed by atoms with E-state index in [0.717, 1.165) is 39.5 Å². The molecular weight excluding hydrogens is 358 g/mol. The first-order chi connectivity index (χ1) is 11.7. The van der Waals surface area contributed by atoms with E-state index < -0.39 is 15.9 Å². The molecule has 0 bridgehead atoms. The fourth-order valence-corrected chi connectivity index (χ4v) is 3.52. The number of hydrogen-bond acceptors (Lipinski definition) is 5. The van der Waals surface area contributed by atoms with Crippen LogP contribution in [0.2, 0.25) is 0 Å². The van der Waals surface area contributed by atoms with E-state index in [1.54, 1.807) is 0 Å². The molecule has 0 aliphatic carbocycles. The van der Waals surface area contributed by atoms with Gasteiger partial charge in [0.2, 0.25) is 15.9 Å². The van der Waals surface area contributed by atoms with Crippen LogP contribution in [0.5, 0.6) is 0 Å². The van der Waals surface area contributed by atoms with Crippen molar-refractivity contribution in [3.8, 4) is 11.3 Å². The quantitative estimate of drug-likeness (QED) is 0.800. The maximum absolute atomic E-state index is 12.0. The second kappa shape index (κ2) is 8.07. The average molecular weight is 382 g/mol. The molecule has 0 spiro atoms. The SMILES string of the molecule is CCCc1ccc(-c2nc(NC(=O)CN(C)S(C)(=O)=O)sc2C)cc1. The number of amides is 1. The molecule has 0 saturated heterocycles. The van der Waals surface area contributed by atoms with Crippen molar-refractivity contribution >= 4 is 32.4 Å². The van der Waals surface area contributed by atoms with Gasteiger partial charge in [-0.3, -0.25) is 4.79 Å². The van der Waals surface area contributed by atoms with E-state index in [2.05, 4.69) is 29.4 Å². The highest BCUT2D eigenvalue weighted by Gasteiger charge is 2.17. The van der Waals surface area contributed by atoms with Gasteiger partial charge in [-0.15, -0.1) is 11.3 Å². The number of likely N-dealkylation sites (N-methyl/N-ethyl adjacent to an activating group) is 1. The summed E-state index contributed by atoms with van der Waals surface area (Å²) in [4.78, 5) is 17.5. The summed E-state index contributed by atoms with van der Waals surface area (Å²) in [6.07, 6.45) is 3.22. The van der Waals surface area contributed by atoms with Crippen molar-refractivity contribution < 1.29 is 13.2 Å². The molecule has 1 aromatic carbocycles. The summed E-state index contributed by atoms with van der Waals surface area (Å²) in [5.41, 5.74) is 3.12. The number of aryl methyl sites for hydroxylation is 2. The third-order valence-electron chi connectivity index (χ3n) is 3.74. The standard InChI is InChI=1S/C17H23N3O3S2/c1-5-6-13-7-9-14(10-8-13)16-12(2)24-17(19-16)18-15(21)11-20(3)25(4,22)23/h7-10H,5-6,11H2,1-4H3,(H,18,19,21). The van der Waals surface area contributed by atoms with Crippen LogP contribution >= 0.6 is 11.3 Å². The summed E-state index contributed by atoms with van der Waals surface area (Å²) in [5, 5.41) is 3.14. The van der Waals surface area contributed by atoms with Crippen molar-refractivity contribution in [3.63, 3.8) is 0 Å². The van der Waals surface area contributed by atoms with Gasteiger partial charge in [-0.1, -0.05) is 37.6 Å². The molecule has 2 aromatic rings. The molecule has 1 N–H and O–H groups in total. The summed E-state index contributed by atoms with van der Waals surface area (Å²) in [5.74, 6) is -0.411. The zero-order valence-electron chi connectivity index (χ0n) is 14.9. The van der Waals surface area contributed by atoms with E-state index in [4.69, 9.17) is 0 Å². The fraction of sp³-hybridized carbons (Fsp3) is 0.412. The van der Waals surface area contributed by atoms with Crippen molar-refractivity contribution in [2.45, 2.75) is 26.7 Å². The number of thiazole rings is 1. The van der Waals surface area contributed by atoms with E-state index in [-0.39, 0.29) is 6.54 Å². The number of sulfonamides is 1. The van der Waals surface area contributed by atoms with Gasteiger partial charge in [0.25, 0.3) is 0 Å². The van der Waals surface area contributed by atoms with Gasteiger partial charge >= 0.3 is 0 Å². The van der Waals surface area contributed by atoms with E-state index in [9.17, 15) is 13.2 Å². The van der Waals surface area contributed by atoms with E-state index >= 15 is 0 Å².